The normalized spacial score (nSPS) is 9.79. The first-order valence-corrected chi connectivity index (χ1v) is 3.74. The molecule has 0 heterocycles. The van der Waals surface area contributed by atoms with Crippen LogP contribution in [0.15, 0.2) is 12.1 Å². The predicted octanol–water partition coefficient (Wildman–Crippen LogP) is 1.10. The van der Waals surface area contributed by atoms with Gasteiger partial charge in [0.1, 0.15) is 5.75 Å². The molecule has 5 heteroatoms. The first kappa shape index (κ1) is 10.0. The molecule has 14 heavy (non-hydrogen) atoms. The van der Waals surface area contributed by atoms with E-state index < -0.39 is 11.9 Å². The zero-order chi connectivity index (χ0) is 10.9. The number of carbonyl (C=O) groups is 2. The van der Waals surface area contributed by atoms with Crippen LogP contribution >= 0.6 is 0 Å². The molecular formula is C9H8O5. The lowest BCUT2D eigenvalue weighted by Gasteiger charge is -2.06. The fourth-order valence-electron chi connectivity index (χ4n) is 1.15. The number of aromatic hydroxyl groups is 1. The lowest BCUT2D eigenvalue weighted by molar-refractivity contribution is 0.0650. The Bertz CT molecular complexity index is 408. The van der Waals surface area contributed by atoms with Crippen molar-refractivity contribution in [1.29, 1.82) is 0 Å². The standard InChI is InChI=1S/C9H8O5/c1-4-6(10)3-2-5(8(11)12)7(4)9(13)14/h2-3,10H,1H3,(H,11,12)(H,13,14). The molecule has 0 radical (unpaired) electrons. The number of hydrogen-bond acceptors (Lipinski definition) is 3. The van der Waals surface area contributed by atoms with Crippen LogP contribution in [0.4, 0.5) is 0 Å². The maximum atomic E-state index is 10.7. The second-order valence-electron chi connectivity index (χ2n) is 2.74. The van der Waals surface area contributed by atoms with Crippen molar-refractivity contribution >= 4 is 11.9 Å². The molecule has 0 amide bonds. The Morgan fingerprint density at radius 1 is 1.14 bits per heavy atom. The summed E-state index contributed by atoms with van der Waals surface area (Å²) in [7, 11) is 0. The minimum Gasteiger partial charge on any atom is -0.508 e. The van der Waals surface area contributed by atoms with Gasteiger partial charge in [0.15, 0.2) is 0 Å². The lowest BCUT2D eigenvalue weighted by Crippen LogP contribution is -2.09. The third-order valence-corrected chi connectivity index (χ3v) is 1.88. The Balaban J connectivity index is 3.53. The number of aromatic carboxylic acids is 2. The molecule has 1 rings (SSSR count). The molecule has 1 aromatic rings. The van der Waals surface area contributed by atoms with E-state index >= 15 is 0 Å². The van der Waals surface area contributed by atoms with Crippen LogP contribution in [-0.4, -0.2) is 27.3 Å². The highest BCUT2D eigenvalue weighted by Gasteiger charge is 2.20. The van der Waals surface area contributed by atoms with Crippen LogP contribution in [0.5, 0.6) is 5.75 Å². The minimum absolute atomic E-state index is 0.0531. The molecule has 0 spiro atoms. The fraction of sp³-hybridized carbons (Fsp3) is 0.111. The molecule has 0 fully saturated rings. The molecule has 0 aliphatic carbocycles. The van der Waals surface area contributed by atoms with Gasteiger partial charge in [-0.1, -0.05) is 0 Å². The maximum absolute atomic E-state index is 10.7. The summed E-state index contributed by atoms with van der Waals surface area (Å²) in [5, 5.41) is 26.6. The minimum atomic E-state index is -1.36. The molecular weight excluding hydrogens is 188 g/mol. The van der Waals surface area contributed by atoms with E-state index in [-0.39, 0.29) is 22.4 Å². The van der Waals surface area contributed by atoms with Gasteiger partial charge in [-0.25, -0.2) is 9.59 Å². The molecule has 0 saturated carbocycles. The molecule has 74 valence electrons. The van der Waals surface area contributed by atoms with Crippen LogP contribution in [0.2, 0.25) is 0 Å². The van der Waals surface area contributed by atoms with Gasteiger partial charge in [-0.3, -0.25) is 0 Å². The summed E-state index contributed by atoms with van der Waals surface area (Å²) in [6, 6.07) is 2.22. The smallest absolute Gasteiger partial charge is 0.336 e. The van der Waals surface area contributed by atoms with E-state index in [0.717, 1.165) is 12.1 Å². The van der Waals surface area contributed by atoms with Crippen LogP contribution < -0.4 is 0 Å². The number of rotatable bonds is 2. The monoisotopic (exact) mass is 196 g/mol. The zero-order valence-electron chi connectivity index (χ0n) is 7.31. The number of phenolic OH excluding ortho intramolecular Hbond substituents is 1. The molecule has 0 saturated heterocycles. The van der Waals surface area contributed by atoms with Crippen LogP contribution in [0.3, 0.4) is 0 Å². The Morgan fingerprint density at radius 2 is 1.71 bits per heavy atom. The summed E-state index contributed by atoms with van der Waals surface area (Å²) in [6.45, 7) is 1.35. The van der Waals surface area contributed by atoms with E-state index in [1.165, 1.54) is 6.92 Å². The van der Waals surface area contributed by atoms with Gasteiger partial charge in [-0.15, -0.1) is 0 Å². The van der Waals surface area contributed by atoms with Crippen molar-refractivity contribution in [2.24, 2.45) is 0 Å². The summed E-state index contributed by atoms with van der Waals surface area (Å²) >= 11 is 0. The van der Waals surface area contributed by atoms with E-state index in [1.807, 2.05) is 0 Å². The summed E-state index contributed by atoms with van der Waals surface area (Å²) in [5.74, 6) is -2.92. The second-order valence-corrected chi connectivity index (χ2v) is 2.74. The van der Waals surface area contributed by atoms with Gasteiger partial charge in [0, 0.05) is 5.56 Å². The maximum Gasteiger partial charge on any atom is 0.336 e. The summed E-state index contributed by atoms with van der Waals surface area (Å²) in [5.41, 5.74) is -0.650. The molecule has 0 aliphatic rings. The summed E-state index contributed by atoms with van der Waals surface area (Å²) in [4.78, 5) is 21.4. The van der Waals surface area contributed by atoms with Crippen molar-refractivity contribution in [2.75, 3.05) is 0 Å². The van der Waals surface area contributed by atoms with E-state index in [4.69, 9.17) is 10.2 Å². The number of carboxylic acids is 2. The average Bonchev–Trinajstić information content (AvgIpc) is 2.08. The first-order valence-electron chi connectivity index (χ1n) is 3.74. The number of phenols is 1. The Labute approximate surface area is 79.2 Å². The van der Waals surface area contributed by atoms with Gasteiger partial charge in [-0.2, -0.15) is 0 Å². The molecule has 0 aliphatic heterocycles. The van der Waals surface area contributed by atoms with Gasteiger partial charge in [0.2, 0.25) is 0 Å². The molecule has 1 aromatic carbocycles. The largest absolute Gasteiger partial charge is 0.508 e. The fourth-order valence-corrected chi connectivity index (χ4v) is 1.15. The van der Waals surface area contributed by atoms with Gasteiger partial charge < -0.3 is 15.3 Å². The highest BCUT2D eigenvalue weighted by Crippen LogP contribution is 2.23. The third kappa shape index (κ3) is 1.52. The van der Waals surface area contributed by atoms with Crippen LogP contribution in [0.25, 0.3) is 0 Å². The van der Waals surface area contributed by atoms with E-state index in [0.29, 0.717) is 0 Å². The van der Waals surface area contributed by atoms with Crippen molar-refractivity contribution in [3.8, 4) is 5.75 Å². The molecule has 0 aromatic heterocycles. The van der Waals surface area contributed by atoms with Crippen LogP contribution in [-0.2, 0) is 0 Å². The predicted molar refractivity (Wildman–Crippen MR) is 46.8 cm³/mol. The van der Waals surface area contributed by atoms with Gasteiger partial charge in [0.25, 0.3) is 0 Å². The number of hydrogen-bond donors (Lipinski definition) is 3. The second kappa shape index (κ2) is 3.37. The summed E-state index contributed by atoms with van der Waals surface area (Å²) in [6.07, 6.45) is 0. The molecule has 5 nitrogen and oxygen atoms in total. The summed E-state index contributed by atoms with van der Waals surface area (Å²) < 4.78 is 0. The molecule has 0 bridgehead atoms. The first-order chi connectivity index (χ1) is 6.45. The number of carboxylic acid groups (broad SMARTS) is 2. The Kier molecular flexibility index (Phi) is 2.42. The van der Waals surface area contributed by atoms with Crippen LogP contribution in [0, 0.1) is 6.92 Å². The highest BCUT2D eigenvalue weighted by atomic mass is 16.4. The molecule has 0 atom stereocenters. The average molecular weight is 196 g/mol. The topological polar surface area (TPSA) is 94.8 Å². The van der Waals surface area contributed by atoms with Crippen LogP contribution in [0.1, 0.15) is 26.3 Å². The Hall–Kier alpha value is -2.04. The van der Waals surface area contributed by atoms with E-state index in [1.54, 1.807) is 0 Å². The third-order valence-electron chi connectivity index (χ3n) is 1.88. The van der Waals surface area contributed by atoms with Crippen molar-refractivity contribution in [3.05, 3.63) is 28.8 Å². The Morgan fingerprint density at radius 3 is 2.14 bits per heavy atom. The van der Waals surface area contributed by atoms with E-state index in [2.05, 4.69) is 0 Å². The van der Waals surface area contributed by atoms with Crippen molar-refractivity contribution in [2.45, 2.75) is 6.92 Å². The zero-order valence-corrected chi connectivity index (χ0v) is 7.31. The quantitative estimate of drug-likeness (QED) is 0.658. The molecule has 0 unspecified atom stereocenters. The molecule has 3 N–H and O–H groups in total. The van der Waals surface area contributed by atoms with Crippen molar-refractivity contribution in [1.82, 2.24) is 0 Å². The van der Waals surface area contributed by atoms with E-state index in [9.17, 15) is 14.7 Å². The van der Waals surface area contributed by atoms with Crippen molar-refractivity contribution in [3.63, 3.8) is 0 Å². The van der Waals surface area contributed by atoms with Gasteiger partial charge in [-0.05, 0) is 19.1 Å². The van der Waals surface area contributed by atoms with Gasteiger partial charge in [0.05, 0.1) is 11.1 Å². The van der Waals surface area contributed by atoms with Gasteiger partial charge >= 0.3 is 11.9 Å². The highest BCUT2D eigenvalue weighted by molar-refractivity contribution is 6.03. The number of benzene rings is 1. The van der Waals surface area contributed by atoms with Crippen molar-refractivity contribution < 1.29 is 24.9 Å². The SMILES string of the molecule is Cc1c(O)ccc(C(=O)O)c1C(=O)O. The lowest BCUT2D eigenvalue weighted by atomic mass is 10.0.